The van der Waals surface area contributed by atoms with Crippen LogP contribution < -0.4 is 9.04 Å². The van der Waals surface area contributed by atoms with Crippen molar-refractivity contribution in [2.45, 2.75) is 4.90 Å². The maximum Gasteiger partial charge on any atom is 0.268 e. The summed E-state index contributed by atoms with van der Waals surface area (Å²) in [4.78, 5) is 0.218. The summed E-state index contributed by atoms with van der Waals surface area (Å²) in [6.07, 6.45) is 0. The van der Waals surface area contributed by atoms with Gasteiger partial charge in [0.25, 0.3) is 10.0 Å². The largest absolute Gasteiger partial charge is 0.497 e. The van der Waals surface area contributed by atoms with Crippen LogP contribution in [-0.4, -0.2) is 15.5 Å². The molecule has 0 saturated heterocycles. The van der Waals surface area contributed by atoms with Gasteiger partial charge in [0.1, 0.15) is 5.75 Å². The molecule has 0 aliphatic heterocycles. The lowest BCUT2D eigenvalue weighted by atomic mass is 10.2. The summed E-state index contributed by atoms with van der Waals surface area (Å²) in [7, 11) is -2.20. The molecule has 0 aromatic heterocycles. The Balaban J connectivity index is 2.15. The lowest BCUT2D eigenvalue weighted by Gasteiger charge is -2.25. The summed E-state index contributed by atoms with van der Waals surface area (Å²) in [5.74, 6) is 0.665. The first-order valence-corrected chi connectivity index (χ1v) is 9.76. The molecule has 0 atom stereocenters. The zero-order valence-electron chi connectivity index (χ0n) is 13.5. The second-order valence-electron chi connectivity index (χ2n) is 5.26. The minimum absolute atomic E-state index is 0.218. The minimum Gasteiger partial charge on any atom is -0.497 e. The van der Waals surface area contributed by atoms with E-state index < -0.39 is 10.0 Å². The Hall–Kier alpha value is -2.31. The molecule has 4 nitrogen and oxygen atoms in total. The van der Waals surface area contributed by atoms with E-state index in [2.05, 4.69) is 15.9 Å². The predicted octanol–water partition coefficient (Wildman–Crippen LogP) is 4.98. The molecule has 0 saturated carbocycles. The van der Waals surface area contributed by atoms with E-state index in [1.807, 2.05) is 18.2 Å². The monoisotopic (exact) mass is 417 g/mol. The Morgan fingerprint density at radius 3 is 1.92 bits per heavy atom. The van der Waals surface area contributed by atoms with E-state index in [1.54, 1.807) is 67.8 Å². The molecule has 6 heteroatoms. The lowest BCUT2D eigenvalue weighted by Crippen LogP contribution is -2.26. The highest BCUT2D eigenvalue weighted by atomic mass is 79.9. The van der Waals surface area contributed by atoms with Crippen LogP contribution in [0.4, 0.5) is 11.4 Å². The molecule has 3 rings (SSSR count). The first-order valence-electron chi connectivity index (χ1n) is 7.52. The molecule has 128 valence electrons. The normalized spacial score (nSPS) is 11.1. The molecule has 0 radical (unpaired) electrons. The van der Waals surface area contributed by atoms with Gasteiger partial charge in [0.15, 0.2) is 0 Å². The zero-order chi connectivity index (χ0) is 17.9. The van der Waals surface area contributed by atoms with E-state index in [1.165, 1.54) is 4.31 Å². The highest BCUT2D eigenvalue weighted by molar-refractivity contribution is 9.10. The number of benzene rings is 3. The quantitative estimate of drug-likeness (QED) is 0.587. The fourth-order valence-electron chi connectivity index (χ4n) is 2.42. The third kappa shape index (κ3) is 3.70. The van der Waals surface area contributed by atoms with Crippen LogP contribution in [0, 0.1) is 0 Å². The fourth-order valence-corrected chi connectivity index (χ4v) is 4.17. The molecule has 0 heterocycles. The van der Waals surface area contributed by atoms with Gasteiger partial charge in [-0.25, -0.2) is 12.7 Å². The highest BCUT2D eigenvalue weighted by Gasteiger charge is 2.26. The number of rotatable bonds is 5. The highest BCUT2D eigenvalue weighted by Crippen LogP contribution is 2.33. The standard InChI is InChI=1S/C19H16BrNO3S/c1-24-18-11-9-17(10-12-18)21(16-5-3-2-4-6-16)25(22,23)19-13-7-15(20)8-14-19/h2-14H,1H3. The molecule has 3 aromatic rings. The Morgan fingerprint density at radius 2 is 1.36 bits per heavy atom. The smallest absolute Gasteiger partial charge is 0.268 e. The summed E-state index contributed by atoms with van der Waals surface area (Å²) >= 11 is 3.33. The molecule has 0 aliphatic carbocycles. The van der Waals surface area contributed by atoms with E-state index in [0.29, 0.717) is 17.1 Å². The Bertz CT molecular complexity index is 940. The first kappa shape index (κ1) is 17.5. The van der Waals surface area contributed by atoms with Crippen LogP contribution in [0.5, 0.6) is 5.75 Å². The van der Waals surface area contributed by atoms with Crippen LogP contribution in [0.2, 0.25) is 0 Å². The van der Waals surface area contributed by atoms with Crippen molar-refractivity contribution in [1.29, 1.82) is 0 Å². The topological polar surface area (TPSA) is 46.6 Å². The number of nitrogens with zero attached hydrogens (tertiary/aromatic N) is 1. The maximum absolute atomic E-state index is 13.3. The number of anilines is 2. The van der Waals surface area contributed by atoms with E-state index >= 15 is 0 Å². The lowest BCUT2D eigenvalue weighted by molar-refractivity contribution is 0.415. The SMILES string of the molecule is COc1ccc(N(c2ccccc2)S(=O)(=O)c2ccc(Br)cc2)cc1. The molecular formula is C19H16BrNO3S. The van der Waals surface area contributed by atoms with Crippen molar-refractivity contribution in [3.8, 4) is 5.75 Å². The fraction of sp³-hybridized carbons (Fsp3) is 0.0526. The second-order valence-corrected chi connectivity index (χ2v) is 7.96. The van der Waals surface area contributed by atoms with Gasteiger partial charge in [0, 0.05) is 4.47 Å². The molecule has 0 N–H and O–H groups in total. The Morgan fingerprint density at radius 1 is 0.800 bits per heavy atom. The summed E-state index contributed by atoms with van der Waals surface area (Å²) in [6, 6.07) is 22.5. The number of sulfonamides is 1. The molecule has 3 aromatic carbocycles. The van der Waals surface area contributed by atoms with Gasteiger partial charge in [0.2, 0.25) is 0 Å². The van der Waals surface area contributed by atoms with Gasteiger partial charge < -0.3 is 4.74 Å². The second kappa shape index (κ2) is 7.29. The third-order valence-corrected chi connectivity index (χ3v) is 5.95. The van der Waals surface area contributed by atoms with Crippen LogP contribution in [0.15, 0.2) is 88.2 Å². The first-order chi connectivity index (χ1) is 12.0. The predicted molar refractivity (Wildman–Crippen MR) is 103 cm³/mol. The van der Waals surface area contributed by atoms with Crippen LogP contribution in [0.25, 0.3) is 0 Å². The number of hydrogen-bond donors (Lipinski definition) is 0. The van der Waals surface area contributed by atoms with Crippen molar-refractivity contribution in [3.05, 3.63) is 83.3 Å². The number of ether oxygens (including phenoxy) is 1. The van der Waals surface area contributed by atoms with Crippen LogP contribution in [0.3, 0.4) is 0 Å². The van der Waals surface area contributed by atoms with E-state index in [-0.39, 0.29) is 4.90 Å². The van der Waals surface area contributed by atoms with Crippen molar-refractivity contribution in [2.24, 2.45) is 0 Å². The third-order valence-electron chi connectivity index (χ3n) is 3.65. The summed E-state index contributed by atoms with van der Waals surface area (Å²) < 4.78 is 33.9. The van der Waals surface area contributed by atoms with Crippen molar-refractivity contribution in [2.75, 3.05) is 11.4 Å². The van der Waals surface area contributed by atoms with E-state index in [4.69, 9.17) is 4.74 Å². The van der Waals surface area contributed by atoms with Crippen LogP contribution in [0.1, 0.15) is 0 Å². The maximum atomic E-state index is 13.3. The number of hydrogen-bond acceptors (Lipinski definition) is 3. The van der Waals surface area contributed by atoms with Gasteiger partial charge in [-0.2, -0.15) is 0 Å². The average molecular weight is 418 g/mol. The molecule has 0 fully saturated rings. The molecule has 0 bridgehead atoms. The van der Waals surface area contributed by atoms with E-state index in [9.17, 15) is 8.42 Å². The van der Waals surface area contributed by atoms with Crippen molar-refractivity contribution in [3.63, 3.8) is 0 Å². The van der Waals surface area contributed by atoms with Gasteiger partial charge in [-0.05, 0) is 60.7 Å². The minimum atomic E-state index is -3.77. The zero-order valence-corrected chi connectivity index (χ0v) is 15.9. The molecule has 0 amide bonds. The number of halogens is 1. The summed E-state index contributed by atoms with van der Waals surface area (Å²) in [5.41, 5.74) is 1.10. The van der Waals surface area contributed by atoms with Crippen LogP contribution >= 0.6 is 15.9 Å². The number of para-hydroxylation sites is 1. The van der Waals surface area contributed by atoms with E-state index in [0.717, 1.165) is 4.47 Å². The van der Waals surface area contributed by atoms with Crippen molar-refractivity contribution in [1.82, 2.24) is 0 Å². The summed E-state index contributed by atoms with van der Waals surface area (Å²) in [5, 5.41) is 0. The van der Waals surface area contributed by atoms with Gasteiger partial charge >= 0.3 is 0 Å². The Kier molecular flexibility index (Phi) is 5.11. The number of methoxy groups -OCH3 is 1. The van der Waals surface area contributed by atoms with Gasteiger partial charge in [-0.15, -0.1) is 0 Å². The Labute approximate surface area is 155 Å². The van der Waals surface area contributed by atoms with Crippen LogP contribution in [-0.2, 0) is 10.0 Å². The average Bonchev–Trinajstić information content (AvgIpc) is 2.63. The molecule has 0 unspecified atom stereocenters. The van der Waals surface area contributed by atoms with Crippen molar-refractivity contribution >= 4 is 37.3 Å². The van der Waals surface area contributed by atoms with Crippen molar-refractivity contribution < 1.29 is 13.2 Å². The van der Waals surface area contributed by atoms with Gasteiger partial charge in [-0.1, -0.05) is 34.1 Å². The molecule has 0 spiro atoms. The molecule has 0 aliphatic rings. The van der Waals surface area contributed by atoms with Gasteiger partial charge in [0.05, 0.1) is 23.4 Å². The molecular weight excluding hydrogens is 402 g/mol. The summed E-state index contributed by atoms with van der Waals surface area (Å²) in [6.45, 7) is 0. The van der Waals surface area contributed by atoms with Gasteiger partial charge in [-0.3, -0.25) is 0 Å². The molecule has 25 heavy (non-hydrogen) atoms.